The van der Waals surface area contributed by atoms with E-state index in [1.165, 1.54) is 0 Å². The fraction of sp³-hybridized carbons (Fsp3) is 0.625. The Bertz CT molecular complexity index is 552. The van der Waals surface area contributed by atoms with Crippen LogP contribution in [0.5, 0.6) is 0 Å². The van der Waals surface area contributed by atoms with Gasteiger partial charge in [-0.2, -0.15) is 13.2 Å². The third-order valence-electron chi connectivity index (χ3n) is 4.83. The highest BCUT2D eigenvalue weighted by atomic mass is 19.4. The lowest BCUT2D eigenvalue weighted by molar-refractivity contribution is -0.302. The fourth-order valence-corrected chi connectivity index (χ4v) is 3.50. The Labute approximate surface area is 126 Å². The van der Waals surface area contributed by atoms with Crippen molar-refractivity contribution in [3.8, 4) is 0 Å². The first-order chi connectivity index (χ1) is 9.97. The second kappa shape index (κ2) is 5.48. The zero-order chi connectivity index (χ0) is 16.8. The van der Waals surface area contributed by atoms with Crippen LogP contribution in [0.2, 0.25) is 0 Å². The van der Waals surface area contributed by atoms with Gasteiger partial charge < -0.3 is 5.11 Å². The second-order valence-corrected chi connectivity index (χ2v) is 6.76. The second-order valence-electron chi connectivity index (χ2n) is 6.76. The Morgan fingerprint density at radius 2 is 1.82 bits per heavy atom. The number of hydrogen-bond acceptors (Lipinski definition) is 1. The lowest BCUT2D eigenvalue weighted by Crippen LogP contribution is -2.58. The summed E-state index contributed by atoms with van der Waals surface area (Å²) in [7, 11) is 0. The average molecular weight is 322 g/mol. The van der Waals surface area contributed by atoms with E-state index in [1.54, 1.807) is 13.8 Å². The van der Waals surface area contributed by atoms with E-state index in [1.807, 2.05) is 0 Å². The molecule has 0 amide bonds. The van der Waals surface area contributed by atoms with Gasteiger partial charge in [-0.05, 0) is 42.7 Å². The van der Waals surface area contributed by atoms with Crippen LogP contribution in [0.1, 0.15) is 38.7 Å². The normalized spacial score (nSPS) is 28.6. The summed E-state index contributed by atoms with van der Waals surface area (Å²) in [6, 6.07) is 2.81. The van der Waals surface area contributed by atoms with Crippen LogP contribution in [0.4, 0.5) is 22.0 Å². The SMILES string of the molecule is CC1(C)CCCC(O)(C(F)(F)F)C1Cc1ccc(F)cc1F. The van der Waals surface area contributed by atoms with Gasteiger partial charge in [0.15, 0.2) is 5.60 Å². The molecule has 1 aliphatic carbocycles. The highest BCUT2D eigenvalue weighted by Gasteiger charge is 2.62. The van der Waals surface area contributed by atoms with Crippen molar-refractivity contribution in [2.45, 2.75) is 51.3 Å². The Kier molecular flexibility index (Phi) is 4.28. The first kappa shape index (κ1) is 17.2. The van der Waals surface area contributed by atoms with Gasteiger partial charge in [0.2, 0.25) is 0 Å². The van der Waals surface area contributed by atoms with Gasteiger partial charge in [0, 0.05) is 12.0 Å². The van der Waals surface area contributed by atoms with E-state index in [0.717, 1.165) is 12.1 Å². The third-order valence-corrected chi connectivity index (χ3v) is 4.83. The smallest absolute Gasteiger partial charge is 0.380 e. The minimum Gasteiger partial charge on any atom is -0.380 e. The van der Waals surface area contributed by atoms with Crippen LogP contribution in [0.25, 0.3) is 0 Å². The molecule has 0 aliphatic heterocycles. The van der Waals surface area contributed by atoms with E-state index < -0.39 is 41.2 Å². The van der Waals surface area contributed by atoms with E-state index in [2.05, 4.69) is 0 Å². The molecule has 2 unspecified atom stereocenters. The Balaban J connectivity index is 2.42. The first-order valence-corrected chi connectivity index (χ1v) is 7.20. The number of hydrogen-bond donors (Lipinski definition) is 1. The lowest BCUT2D eigenvalue weighted by Gasteiger charge is -2.50. The fourth-order valence-electron chi connectivity index (χ4n) is 3.50. The molecule has 0 heterocycles. The van der Waals surface area contributed by atoms with Crippen LogP contribution in [0.15, 0.2) is 18.2 Å². The van der Waals surface area contributed by atoms with Crippen molar-refractivity contribution in [1.82, 2.24) is 0 Å². The zero-order valence-electron chi connectivity index (χ0n) is 12.5. The van der Waals surface area contributed by atoms with Crippen molar-refractivity contribution >= 4 is 0 Å². The van der Waals surface area contributed by atoms with E-state index >= 15 is 0 Å². The summed E-state index contributed by atoms with van der Waals surface area (Å²) in [6.07, 6.45) is -4.70. The summed E-state index contributed by atoms with van der Waals surface area (Å²) >= 11 is 0. The van der Waals surface area contributed by atoms with Crippen LogP contribution in [-0.2, 0) is 6.42 Å². The molecule has 2 atom stereocenters. The van der Waals surface area contributed by atoms with E-state index in [4.69, 9.17) is 0 Å². The Morgan fingerprint density at radius 3 is 2.36 bits per heavy atom. The summed E-state index contributed by atoms with van der Waals surface area (Å²) in [4.78, 5) is 0. The molecule has 1 fully saturated rings. The average Bonchev–Trinajstić information content (AvgIpc) is 2.34. The molecule has 124 valence electrons. The molecular formula is C16H19F5O. The third kappa shape index (κ3) is 2.98. The van der Waals surface area contributed by atoms with Crippen LogP contribution in [-0.4, -0.2) is 16.9 Å². The monoisotopic (exact) mass is 322 g/mol. The van der Waals surface area contributed by atoms with Gasteiger partial charge in [-0.1, -0.05) is 19.9 Å². The summed E-state index contributed by atoms with van der Waals surface area (Å²) in [5, 5.41) is 10.3. The molecule has 0 radical (unpaired) electrons. The van der Waals surface area contributed by atoms with Crippen molar-refractivity contribution in [2.75, 3.05) is 0 Å². The van der Waals surface area contributed by atoms with Crippen LogP contribution >= 0.6 is 0 Å². The maximum absolute atomic E-state index is 13.8. The molecule has 1 aromatic rings. The van der Waals surface area contributed by atoms with Gasteiger partial charge in [0.05, 0.1) is 0 Å². The summed E-state index contributed by atoms with van der Waals surface area (Å²) in [5.74, 6) is -2.85. The minimum absolute atomic E-state index is 0.0101. The van der Waals surface area contributed by atoms with Crippen molar-refractivity contribution < 1.29 is 27.1 Å². The van der Waals surface area contributed by atoms with E-state index in [9.17, 15) is 27.1 Å². The van der Waals surface area contributed by atoms with Crippen LogP contribution in [0, 0.1) is 23.0 Å². The number of rotatable bonds is 2. The van der Waals surface area contributed by atoms with Gasteiger partial charge in [0.25, 0.3) is 0 Å². The van der Waals surface area contributed by atoms with Gasteiger partial charge in [-0.3, -0.25) is 0 Å². The van der Waals surface area contributed by atoms with Crippen molar-refractivity contribution in [2.24, 2.45) is 11.3 Å². The van der Waals surface area contributed by atoms with Crippen molar-refractivity contribution in [1.29, 1.82) is 0 Å². The largest absolute Gasteiger partial charge is 0.417 e. The molecule has 1 N–H and O–H groups in total. The molecule has 6 heteroatoms. The summed E-state index contributed by atoms with van der Waals surface area (Å²) < 4.78 is 66.9. The minimum atomic E-state index is -4.79. The molecule has 1 aromatic carbocycles. The Morgan fingerprint density at radius 1 is 1.18 bits per heavy atom. The number of alkyl halides is 3. The number of halogens is 5. The van der Waals surface area contributed by atoms with Gasteiger partial charge in [-0.25, -0.2) is 8.78 Å². The molecule has 1 saturated carbocycles. The van der Waals surface area contributed by atoms with Gasteiger partial charge >= 0.3 is 6.18 Å². The van der Waals surface area contributed by atoms with Crippen molar-refractivity contribution in [3.05, 3.63) is 35.4 Å². The molecule has 0 bridgehead atoms. The molecule has 0 spiro atoms. The molecular weight excluding hydrogens is 303 g/mol. The molecule has 0 aromatic heterocycles. The zero-order valence-corrected chi connectivity index (χ0v) is 12.5. The molecule has 0 saturated heterocycles. The van der Waals surface area contributed by atoms with E-state index in [-0.39, 0.29) is 18.4 Å². The predicted octanol–water partition coefficient (Wildman–Crippen LogP) is 4.63. The molecule has 1 nitrogen and oxygen atoms in total. The lowest BCUT2D eigenvalue weighted by atomic mass is 9.59. The number of aliphatic hydroxyl groups is 1. The van der Waals surface area contributed by atoms with Crippen molar-refractivity contribution in [3.63, 3.8) is 0 Å². The predicted molar refractivity (Wildman–Crippen MR) is 72.2 cm³/mol. The summed E-state index contributed by atoms with van der Waals surface area (Å²) in [6.45, 7) is 3.30. The maximum Gasteiger partial charge on any atom is 0.417 e. The Hall–Kier alpha value is -1.17. The highest BCUT2D eigenvalue weighted by Crippen LogP contribution is 2.53. The van der Waals surface area contributed by atoms with Gasteiger partial charge in [-0.15, -0.1) is 0 Å². The maximum atomic E-state index is 13.8. The summed E-state index contributed by atoms with van der Waals surface area (Å²) in [5.41, 5.74) is -3.66. The molecule has 1 aliphatic rings. The quantitative estimate of drug-likeness (QED) is 0.787. The first-order valence-electron chi connectivity index (χ1n) is 7.20. The standard InChI is InChI=1S/C16H19F5O/c1-14(2)6-3-7-15(22,16(19,20)21)13(14)8-10-4-5-11(17)9-12(10)18/h4-5,9,13,22H,3,6-8H2,1-2H3. The number of benzene rings is 1. The van der Waals surface area contributed by atoms with Crippen LogP contribution < -0.4 is 0 Å². The molecule has 22 heavy (non-hydrogen) atoms. The van der Waals surface area contributed by atoms with Gasteiger partial charge in [0.1, 0.15) is 11.6 Å². The van der Waals surface area contributed by atoms with E-state index in [0.29, 0.717) is 12.5 Å². The highest BCUT2D eigenvalue weighted by molar-refractivity contribution is 5.21. The topological polar surface area (TPSA) is 20.2 Å². The molecule has 2 rings (SSSR count). The van der Waals surface area contributed by atoms with Crippen LogP contribution in [0.3, 0.4) is 0 Å².